The van der Waals surface area contributed by atoms with Gasteiger partial charge in [-0.1, -0.05) is 12.1 Å². The fourth-order valence-corrected chi connectivity index (χ4v) is 2.88. The lowest BCUT2D eigenvalue weighted by Gasteiger charge is -2.43. The van der Waals surface area contributed by atoms with Crippen LogP contribution in [0.4, 0.5) is 4.39 Å². The van der Waals surface area contributed by atoms with Crippen LogP contribution < -0.4 is 5.73 Å². The molecule has 2 nitrogen and oxygen atoms in total. The summed E-state index contributed by atoms with van der Waals surface area (Å²) in [6, 6.07) is 7.47. The van der Waals surface area contributed by atoms with Crippen molar-refractivity contribution in [1.29, 1.82) is 0 Å². The molecule has 0 unspecified atom stereocenters. The highest BCUT2D eigenvalue weighted by Gasteiger charge is 2.35. The summed E-state index contributed by atoms with van der Waals surface area (Å²) in [4.78, 5) is 2.48. The number of nitrogens with two attached hydrogens (primary N) is 1. The number of likely N-dealkylation sites (tertiary alicyclic amines) is 1. The van der Waals surface area contributed by atoms with E-state index in [0.717, 1.165) is 25.9 Å². The van der Waals surface area contributed by atoms with E-state index in [9.17, 15) is 4.39 Å². The Hall–Kier alpha value is -0.930. The second-order valence-corrected chi connectivity index (χ2v) is 5.62. The first-order valence-electron chi connectivity index (χ1n) is 6.77. The molecule has 2 rings (SSSR count). The van der Waals surface area contributed by atoms with Crippen LogP contribution in [-0.2, 0) is 5.41 Å². The Bertz CT molecular complexity index is 378. The van der Waals surface area contributed by atoms with Gasteiger partial charge < -0.3 is 10.6 Å². The quantitative estimate of drug-likeness (QED) is 0.893. The van der Waals surface area contributed by atoms with Crippen LogP contribution in [0.15, 0.2) is 24.3 Å². The van der Waals surface area contributed by atoms with Crippen LogP contribution in [0.1, 0.15) is 32.3 Å². The Morgan fingerprint density at radius 3 is 2.22 bits per heavy atom. The Morgan fingerprint density at radius 2 is 1.78 bits per heavy atom. The molecule has 0 atom stereocenters. The summed E-state index contributed by atoms with van der Waals surface area (Å²) >= 11 is 0. The van der Waals surface area contributed by atoms with Gasteiger partial charge in [0.2, 0.25) is 0 Å². The summed E-state index contributed by atoms with van der Waals surface area (Å²) in [5, 5.41) is 0. The number of hydrogen-bond donors (Lipinski definition) is 1. The predicted molar refractivity (Wildman–Crippen MR) is 73.1 cm³/mol. The molecule has 2 N–H and O–H groups in total. The van der Waals surface area contributed by atoms with Crippen molar-refractivity contribution < 1.29 is 4.39 Å². The average Bonchev–Trinajstić information content (AvgIpc) is 2.39. The molecule has 0 saturated carbocycles. The second-order valence-electron chi connectivity index (χ2n) is 5.62. The summed E-state index contributed by atoms with van der Waals surface area (Å²) < 4.78 is 13.0. The molecule has 0 spiro atoms. The molecule has 100 valence electrons. The highest BCUT2D eigenvalue weighted by atomic mass is 19.1. The number of piperidine rings is 1. The fourth-order valence-electron chi connectivity index (χ4n) is 2.88. The van der Waals surface area contributed by atoms with Gasteiger partial charge in [0.15, 0.2) is 0 Å². The van der Waals surface area contributed by atoms with Crippen molar-refractivity contribution in [2.75, 3.05) is 19.6 Å². The molecule has 0 bridgehead atoms. The maximum absolute atomic E-state index is 13.0. The third kappa shape index (κ3) is 2.57. The largest absolute Gasteiger partial charge is 0.330 e. The molecule has 1 aliphatic heterocycles. The summed E-state index contributed by atoms with van der Waals surface area (Å²) in [5.74, 6) is -0.175. The Labute approximate surface area is 109 Å². The summed E-state index contributed by atoms with van der Waals surface area (Å²) in [6.45, 7) is 7.25. The normalized spacial score (nSPS) is 20.3. The Balaban J connectivity index is 2.16. The van der Waals surface area contributed by atoms with Crippen LogP contribution in [0.25, 0.3) is 0 Å². The van der Waals surface area contributed by atoms with E-state index in [1.165, 1.54) is 5.56 Å². The van der Waals surface area contributed by atoms with Crippen LogP contribution in [0.5, 0.6) is 0 Å². The van der Waals surface area contributed by atoms with Crippen molar-refractivity contribution in [2.45, 2.75) is 38.1 Å². The van der Waals surface area contributed by atoms with Crippen molar-refractivity contribution in [3.8, 4) is 0 Å². The standard InChI is InChI=1S/C15H23FN2/c1-12(2)18-9-7-15(11-17,8-10-18)13-3-5-14(16)6-4-13/h3-6,12H,7-11,17H2,1-2H3. The molecule has 0 radical (unpaired) electrons. The Morgan fingerprint density at radius 1 is 1.22 bits per heavy atom. The van der Waals surface area contributed by atoms with Crippen LogP contribution in [0, 0.1) is 5.82 Å². The van der Waals surface area contributed by atoms with Gasteiger partial charge in [-0.05, 0) is 57.5 Å². The molecule has 1 aromatic carbocycles. The summed E-state index contributed by atoms with van der Waals surface area (Å²) in [7, 11) is 0. The zero-order valence-electron chi connectivity index (χ0n) is 11.3. The lowest BCUT2D eigenvalue weighted by molar-refractivity contribution is 0.132. The second kappa shape index (κ2) is 5.37. The van der Waals surface area contributed by atoms with Gasteiger partial charge >= 0.3 is 0 Å². The summed E-state index contributed by atoms with van der Waals surface area (Å²) in [5.41, 5.74) is 7.25. The minimum atomic E-state index is -0.175. The van der Waals surface area contributed by atoms with E-state index in [0.29, 0.717) is 12.6 Å². The van der Waals surface area contributed by atoms with Crippen molar-refractivity contribution in [3.63, 3.8) is 0 Å². The van der Waals surface area contributed by atoms with Gasteiger partial charge in [-0.2, -0.15) is 0 Å². The van der Waals surface area contributed by atoms with Crippen LogP contribution in [0.2, 0.25) is 0 Å². The van der Waals surface area contributed by atoms with Gasteiger partial charge in [0.25, 0.3) is 0 Å². The van der Waals surface area contributed by atoms with E-state index in [1.54, 1.807) is 12.1 Å². The number of rotatable bonds is 3. The maximum atomic E-state index is 13.0. The summed E-state index contributed by atoms with van der Waals surface area (Å²) in [6.07, 6.45) is 2.13. The Kier molecular flexibility index (Phi) is 4.03. The first-order valence-corrected chi connectivity index (χ1v) is 6.77. The average molecular weight is 250 g/mol. The fraction of sp³-hybridized carbons (Fsp3) is 0.600. The molecule has 18 heavy (non-hydrogen) atoms. The van der Waals surface area contributed by atoms with Gasteiger partial charge in [-0.3, -0.25) is 0 Å². The number of benzene rings is 1. The van der Waals surface area contributed by atoms with Gasteiger partial charge in [-0.15, -0.1) is 0 Å². The molecule has 0 amide bonds. The SMILES string of the molecule is CC(C)N1CCC(CN)(c2ccc(F)cc2)CC1. The molecule has 1 heterocycles. The predicted octanol–water partition coefficient (Wildman–Crippen LogP) is 2.53. The van der Waals surface area contributed by atoms with Crippen molar-refractivity contribution in [2.24, 2.45) is 5.73 Å². The van der Waals surface area contributed by atoms with Crippen LogP contribution in [0.3, 0.4) is 0 Å². The van der Waals surface area contributed by atoms with Crippen molar-refractivity contribution in [1.82, 2.24) is 4.90 Å². The van der Waals surface area contributed by atoms with Gasteiger partial charge in [-0.25, -0.2) is 4.39 Å². The van der Waals surface area contributed by atoms with Gasteiger partial charge in [0.05, 0.1) is 0 Å². The maximum Gasteiger partial charge on any atom is 0.123 e. The molecule has 1 aliphatic rings. The van der Waals surface area contributed by atoms with Gasteiger partial charge in [0, 0.05) is 18.0 Å². The first-order chi connectivity index (χ1) is 8.57. The van der Waals surface area contributed by atoms with Crippen LogP contribution >= 0.6 is 0 Å². The van der Waals surface area contributed by atoms with E-state index in [1.807, 2.05) is 12.1 Å². The van der Waals surface area contributed by atoms with E-state index < -0.39 is 0 Å². The minimum absolute atomic E-state index is 0.0408. The highest BCUT2D eigenvalue weighted by Crippen LogP contribution is 2.35. The molecule has 1 aromatic rings. The smallest absolute Gasteiger partial charge is 0.123 e. The first kappa shape index (κ1) is 13.5. The molecular formula is C15H23FN2. The number of nitrogens with zero attached hydrogens (tertiary/aromatic N) is 1. The van der Waals surface area contributed by atoms with E-state index in [4.69, 9.17) is 5.73 Å². The molecule has 0 aromatic heterocycles. The van der Waals surface area contributed by atoms with E-state index >= 15 is 0 Å². The van der Waals surface area contributed by atoms with Crippen molar-refractivity contribution in [3.05, 3.63) is 35.6 Å². The number of halogens is 1. The lowest BCUT2D eigenvalue weighted by Crippen LogP contribution is -2.48. The molecule has 0 aliphatic carbocycles. The minimum Gasteiger partial charge on any atom is -0.330 e. The van der Waals surface area contributed by atoms with Gasteiger partial charge in [0.1, 0.15) is 5.82 Å². The third-order valence-electron chi connectivity index (χ3n) is 4.33. The zero-order chi connectivity index (χ0) is 13.2. The monoisotopic (exact) mass is 250 g/mol. The molecule has 1 fully saturated rings. The number of hydrogen-bond acceptors (Lipinski definition) is 2. The molecular weight excluding hydrogens is 227 g/mol. The zero-order valence-corrected chi connectivity index (χ0v) is 11.3. The van der Waals surface area contributed by atoms with Crippen molar-refractivity contribution >= 4 is 0 Å². The lowest BCUT2D eigenvalue weighted by atomic mass is 9.72. The third-order valence-corrected chi connectivity index (χ3v) is 4.33. The topological polar surface area (TPSA) is 29.3 Å². The van der Waals surface area contributed by atoms with Crippen LogP contribution in [-0.4, -0.2) is 30.6 Å². The van der Waals surface area contributed by atoms with E-state index in [2.05, 4.69) is 18.7 Å². The van der Waals surface area contributed by atoms with E-state index in [-0.39, 0.29) is 11.2 Å². The molecule has 1 saturated heterocycles. The molecule has 3 heteroatoms. The highest BCUT2D eigenvalue weighted by molar-refractivity contribution is 5.27.